The Morgan fingerprint density at radius 3 is 3.00 bits per heavy atom. The van der Waals surface area contributed by atoms with E-state index < -0.39 is 0 Å². The molecule has 6 nitrogen and oxygen atoms in total. The van der Waals surface area contributed by atoms with Crippen molar-refractivity contribution in [3.63, 3.8) is 0 Å². The Kier molecular flexibility index (Phi) is 5.07. The Labute approximate surface area is 159 Å². The maximum absolute atomic E-state index is 6.04. The van der Waals surface area contributed by atoms with Crippen LogP contribution < -0.4 is 15.4 Å². The van der Waals surface area contributed by atoms with Crippen LogP contribution in [-0.2, 0) is 13.5 Å². The van der Waals surface area contributed by atoms with E-state index >= 15 is 0 Å². The average Bonchev–Trinajstić information content (AvgIpc) is 3.11. The molecule has 1 unspecified atom stereocenters. The largest absolute Gasteiger partial charge is 0.470 e. The second-order valence-corrected chi connectivity index (χ2v) is 7.04. The average molecular weight is 363 g/mol. The summed E-state index contributed by atoms with van der Waals surface area (Å²) in [7, 11) is 1.91. The molecule has 3 aromatic rings. The standard InChI is InChI=1S/C21H25N5O/c1-15-4-3-5-16(8-15)6-7-22-12-19-13-23-20-9-17(10-24-21(20)27-19)18-11-25-26(2)14-18/h3-5,8-11,14,19,22-23H,6-7,12-13H2,1-2H3. The number of aromatic nitrogens is 3. The van der Waals surface area contributed by atoms with Crippen molar-refractivity contribution in [2.45, 2.75) is 19.4 Å². The van der Waals surface area contributed by atoms with Crippen molar-refractivity contribution in [2.75, 3.05) is 25.0 Å². The van der Waals surface area contributed by atoms with Gasteiger partial charge in [-0.1, -0.05) is 29.8 Å². The SMILES string of the molecule is Cc1cccc(CCNCC2CNc3cc(-c4cnn(C)c4)cnc3O2)c1. The number of rotatable bonds is 6. The third-order valence-corrected chi connectivity index (χ3v) is 4.73. The van der Waals surface area contributed by atoms with Crippen molar-refractivity contribution in [3.8, 4) is 17.0 Å². The van der Waals surface area contributed by atoms with Crippen LogP contribution in [0.2, 0.25) is 0 Å². The first-order chi connectivity index (χ1) is 13.2. The maximum Gasteiger partial charge on any atom is 0.237 e. The highest BCUT2D eigenvalue weighted by Gasteiger charge is 2.20. The molecule has 0 saturated carbocycles. The van der Waals surface area contributed by atoms with Crippen LogP contribution >= 0.6 is 0 Å². The second kappa shape index (κ2) is 7.80. The van der Waals surface area contributed by atoms with E-state index in [0.717, 1.165) is 42.9 Å². The van der Waals surface area contributed by atoms with Crippen molar-refractivity contribution in [2.24, 2.45) is 7.05 Å². The summed E-state index contributed by atoms with van der Waals surface area (Å²) in [6, 6.07) is 10.7. The second-order valence-electron chi connectivity index (χ2n) is 7.04. The van der Waals surface area contributed by atoms with Crippen molar-refractivity contribution >= 4 is 5.69 Å². The minimum Gasteiger partial charge on any atom is -0.470 e. The predicted molar refractivity (Wildman–Crippen MR) is 107 cm³/mol. The smallest absolute Gasteiger partial charge is 0.237 e. The van der Waals surface area contributed by atoms with E-state index in [-0.39, 0.29) is 6.10 Å². The van der Waals surface area contributed by atoms with Crippen molar-refractivity contribution in [3.05, 3.63) is 60.0 Å². The van der Waals surface area contributed by atoms with Gasteiger partial charge in [-0.2, -0.15) is 5.10 Å². The number of benzene rings is 1. The molecule has 6 heteroatoms. The molecule has 2 N–H and O–H groups in total. The summed E-state index contributed by atoms with van der Waals surface area (Å²) >= 11 is 0. The topological polar surface area (TPSA) is 64.0 Å². The van der Waals surface area contributed by atoms with Crippen LogP contribution in [0.5, 0.6) is 5.88 Å². The Balaban J connectivity index is 1.29. The Hall–Kier alpha value is -2.86. The van der Waals surface area contributed by atoms with Crippen molar-refractivity contribution in [1.29, 1.82) is 0 Å². The van der Waals surface area contributed by atoms with Gasteiger partial charge < -0.3 is 15.4 Å². The molecule has 0 fully saturated rings. The molecule has 0 aliphatic carbocycles. The minimum atomic E-state index is 0.0757. The van der Waals surface area contributed by atoms with Gasteiger partial charge in [0, 0.05) is 37.1 Å². The van der Waals surface area contributed by atoms with Crippen LogP contribution in [0.1, 0.15) is 11.1 Å². The lowest BCUT2D eigenvalue weighted by Crippen LogP contribution is -2.40. The lowest BCUT2D eigenvalue weighted by Gasteiger charge is -2.27. The molecule has 140 valence electrons. The van der Waals surface area contributed by atoms with Gasteiger partial charge in [-0.3, -0.25) is 4.68 Å². The maximum atomic E-state index is 6.04. The molecule has 1 aliphatic rings. The van der Waals surface area contributed by atoms with E-state index in [0.29, 0.717) is 5.88 Å². The number of hydrogen-bond acceptors (Lipinski definition) is 5. The van der Waals surface area contributed by atoms with Gasteiger partial charge in [-0.05, 0) is 31.5 Å². The molecule has 3 heterocycles. The summed E-state index contributed by atoms with van der Waals surface area (Å²) in [5.74, 6) is 0.666. The zero-order valence-corrected chi connectivity index (χ0v) is 15.8. The molecule has 1 aliphatic heterocycles. The van der Waals surface area contributed by atoms with E-state index in [1.807, 2.05) is 25.6 Å². The molecule has 0 amide bonds. The number of anilines is 1. The quantitative estimate of drug-likeness (QED) is 0.660. The normalized spacial score (nSPS) is 15.7. The molecule has 27 heavy (non-hydrogen) atoms. The van der Waals surface area contributed by atoms with E-state index in [2.05, 4.69) is 58.0 Å². The van der Waals surface area contributed by atoms with Crippen LogP contribution in [0.3, 0.4) is 0 Å². The van der Waals surface area contributed by atoms with Gasteiger partial charge in [-0.25, -0.2) is 4.98 Å². The van der Waals surface area contributed by atoms with Crippen LogP contribution in [0, 0.1) is 6.92 Å². The number of hydrogen-bond donors (Lipinski definition) is 2. The van der Waals surface area contributed by atoms with Crippen LogP contribution in [-0.4, -0.2) is 40.5 Å². The fourth-order valence-electron chi connectivity index (χ4n) is 3.30. The summed E-state index contributed by atoms with van der Waals surface area (Å²) in [5.41, 5.74) is 5.69. The number of aryl methyl sites for hydroxylation is 2. The molecule has 0 saturated heterocycles. The monoisotopic (exact) mass is 363 g/mol. The molecule has 4 rings (SSSR count). The lowest BCUT2D eigenvalue weighted by atomic mass is 10.1. The summed E-state index contributed by atoms with van der Waals surface area (Å²) in [6.07, 6.45) is 6.75. The van der Waals surface area contributed by atoms with Gasteiger partial charge in [-0.15, -0.1) is 0 Å². The Morgan fingerprint density at radius 2 is 2.19 bits per heavy atom. The molecule has 1 atom stereocenters. The molecule has 0 radical (unpaired) electrons. The molecule has 2 aromatic heterocycles. The number of ether oxygens (including phenoxy) is 1. The van der Waals surface area contributed by atoms with Crippen LogP contribution in [0.25, 0.3) is 11.1 Å². The Morgan fingerprint density at radius 1 is 1.26 bits per heavy atom. The van der Waals surface area contributed by atoms with Gasteiger partial charge in [0.05, 0.1) is 18.4 Å². The van der Waals surface area contributed by atoms with Crippen LogP contribution in [0.15, 0.2) is 48.9 Å². The van der Waals surface area contributed by atoms with Gasteiger partial charge in [0.15, 0.2) is 0 Å². The number of pyridine rings is 1. The first-order valence-electron chi connectivity index (χ1n) is 9.33. The zero-order chi connectivity index (χ0) is 18.6. The van der Waals surface area contributed by atoms with E-state index in [1.54, 1.807) is 4.68 Å². The van der Waals surface area contributed by atoms with E-state index in [4.69, 9.17) is 4.74 Å². The number of fused-ring (bicyclic) bond motifs is 1. The van der Waals surface area contributed by atoms with Crippen molar-refractivity contribution in [1.82, 2.24) is 20.1 Å². The third kappa shape index (κ3) is 4.28. The molecule has 0 spiro atoms. The first kappa shape index (κ1) is 17.5. The first-order valence-corrected chi connectivity index (χ1v) is 9.33. The summed E-state index contributed by atoms with van der Waals surface area (Å²) < 4.78 is 7.83. The third-order valence-electron chi connectivity index (χ3n) is 4.73. The van der Waals surface area contributed by atoms with Crippen LogP contribution in [0.4, 0.5) is 5.69 Å². The molecular weight excluding hydrogens is 338 g/mol. The summed E-state index contributed by atoms with van der Waals surface area (Å²) in [6.45, 7) is 4.62. The fourth-order valence-corrected chi connectivity index (χ4v) is 3.30. The van der Waals surface area contributed by atoms with Gasteiger partial charge in [0.2, 0.25) is 5.88 Å². The van der Waals surface area contributed by atoms with E-state index in [1.165, 1.54) is 11.1 Å². The fraction of sp³-hybridized carbons (Fsp3) is 0.333. The highest BCUT2D eigenvalue weighted by atomic mass is 16.5. The lowest BCUT2D eigenvalue weighted by molar-refractivity contribution is 0.194. The molecule has 1 aromatic carbocycles. The number of nitrogens with one attached hydrogen (secondary N) is 2. The highest BCUT2D eigenvalue weighted by Crippen LogP contribution is 2.30. The zero-order valence-electron chi connectivity index (χ0n) is 15.8. The highest BCUT2D eigenvalue weighted by molar-refractivity contribution is 5.69. The summed E-state index contributed by atoms with van der Waals surface area (Å²) in [4.78, 5) is 4.49. The van der Waals surface area contributed by atoms with Gasteiger partial charge in [0.25, 0.3) is 0 Å². The Bertz CT molecular complexity index is 920. The number of nitrogens with zero attached hydrogens (tertiary/aromatic N) is 3. The minimum absolute atomic E-state index is 0.0757. The van der Waals surface area contributed by atoms with Gasteiger partial charge in [0.1, 0.15) is 6.10 Å². The van der Waals surface area contributed by atoms with Gasteiger partial charge >= 0.3 is 0 Å². The van der Waals surface area contributed by atoms with E-state index in [9.17, 15) is 0 Å². The van der Waals surface area contributed by atoms with Crippen molar-refractivity contribution < 1.29 is 4.74 Å². The summed E-state index contributed by atoms with van der Waals surface area (Å²) in [5, 5.41) is 11.1. The predicted octanol–water partition coefficient (Wildman–Crippen LogP) is 2.80. The molecule has 0 bridgehead atoms. The molecular formula is C21H25N5O.